The molecule has 2 rings (SSSR count). The minimum atomic E-state index is 0.130. The molecule has 1 heterocycles. The number of hydrogen-bond donors (Lipinski definition) is 0. The zero-order chi connectivity index (χ0) is 14.9. The summed E-state index contributed by atoms with van der Waals surface area (Å²) in [7, 11) is 4.16. The van der Waals surface area contributed by atoms with Crippen LogP contribution in [0, 0.1) is 0 Å². The van der Waals surface area contributed by atoms with Crippen LogP contribution in [0.5, 0.6) is 0 Å². The molecule has 1 amide bonds. The topological polar surface area (TPSA) is 23.6 Å². The van der Waals surface area contributed by atoms with Crippen molar-refractivity contribution in [1.29, 1.82) is 0 Å². The van der Waals surface area contributed by atoms with Gasteiger partial charge in [-0.15, -0.1) is 0 Å². The second-order valence-corrected chi connectivity index (χ2v) is 6.98. The van der Waals surface area contributed by atoms with E-state index >= 15 is 0 Å². The Balaban J connectivity index is 2.07. The van der Waals surface area contributed by atoms with Crippen LogP contribution in [0.3, 0.4) is 0 Å². The number of amides is 1. The van der Waals surface area contributed by atoms with Crippen LogP contribution in [0.25, 0.3) is 0 Å². The number of benzene rings is 1. The van der Waals surface area contributed by atoms with Gasteiger partial charge in [-0.1, -0.05) is 32.9 Å². The van der Waals surface area contributed by atoms with Gasteiger partial charge in [-0.3, -0.25) is 4.79 Å². The molecular weight excluding hydrogens is 248 g/mol. The van der Waals surface area contributed by atoms with Crippen LogP contribution < -0.4 is 0 Å². The van der Waals surface area contributed by atoms with Gasteiger partial charge < -0.3 is 9.80 Å². The molecule has 0 saturated carbocycles. The molecule has 110 valence electrons. The highest BCUT2D eigenvalue weighted by atomic mass is 16.2. The first-order chi connectivity index (χ1) is 9.29. The highest BCUT2D eigenvalue weighted by Crippen LogP contribution is 2.23. The predicted molar refractivity (Wildman–Crippen MR) is 83.1 cm³/mol. The average Bonchev–Trinajstić information content (AvgIpc) is 2.86. The number of nitrogens with zero attached hydrogens (tertiary/aromatic N) is 2. The van der Waals surface area contributed by atoms with Crippen molar-refractivity contribution in [3.8, 4) is 0 Å². The Bertz CT molecular complexity index is 471. The Morgan fingerprint density at radius 1 is 1.20 bits per heavy atom. The highest BCUT2D eigenvalue weighted by molar-refractivity contribution is 5.94. The molecule has 3 heteroatoms. The van der Waals surface area contributed by atoms with Crippen LogP contribution in [0.1, 0.15) is 43.1 Å². The van der Waals surface area contributed by atoms with E-state index in [0.717, 1.165) is 25.1 Å². The molecule has 1 atom stereocenters. The van der Waals surface area contributed by atoms with E-state index in [4.69, 9.17) is 0 Å². The molecule has 0 aromatic heterocycles. The van der Waals surface area contributed by atoms with E-state index < -0.39 is 0 Å². The third kappa shape index (κ3) is 3.21. The van der Waals surface area contributed by atoms with Crippen molar-refractivity contribution >= 4 is 5.91 Å². The summed E-state index contributed by atoms with van der Waals surface area (Å²) < 4.78 is 0. The fraction of sp³-hybridized carbons (Fsp3) is 0.588. The van der Waals surface area contributed by atoms with Crippen molar-refractivity contribution < 1.29 is 4.79 Å². The molecule has 1 fully saturated rings. The lowest BCUT2D eigenvalue weighted by Crippen LogP contribution is -2.34. The van der Waals surface area contributed by atoms with Gasteiger partial charge in [-0.25, -0.2) is 0 Å². The van der Waals surface area contributed by atoms with Gasteiger partial charge in [-0.05, 0) is 43.6 Å². The van der Waals surface area contributed by atoms with Crippen LogP contribution in [-0.4, -0.2) is 48.9 Å². The minimum Gasteiger partial charge on any atom is -0.337 e. The second kappa shape index (κ2) is 5.57. The van der Waals surface area contributed by atoms with Crippen molar-refractivity contribution in [3.05, 3.63) is 35.4 Å². The maximum absolute atomic E-state index is 12.5. The standard InChI is InChI=1S/C17H26N2O/c1-17(2,3)14-8-6-13(7-9-14)16(20)19-11-10-15(12-19)18(4)5/h6-9,15H,10-12H2,1-5H3/t15-/m0/s1. The number of carbonyl (C=O) groups excluding carboxylic acids is 1. The number of likely N-dealkylation sites (tertiary alicyclic amines) is 1. The Morgan fingerprint density at radius 2 is 1.80 bits per heavy atom. The minimum absolute atomic E-state index is 0.130. The molecule has 0 bridgehead atoms. The SMILES string of the molecule is CN(C)[C@H]1CCN(C(=O)c2ccc(C(C)(C)C)cc2)C1. The molecule has 0 spiro atoms. The first-order valence-electron chi connectivity index (χ1n) is 7.35. The van der Waals surface area contributed by atoms with E-state index in [1.807, 2.05) is 17.0 Å². The maximum atomic E-state index is 12.5. The molecule has 0 unspecified atom stereocenters. The normalized spacial score (nSPS) is 19.7. The van der Waals surface area contributed by atoms with Crippen LogP contribution in [0.15, 0.2) is 24.3 Å². The molecule has 20 heavy (non-hydrogen) atoms. The Hall–Kier alpha value is -1.35. The van der Waals surface area contributed by atoms with Gasteiger partial charge >= 0.3 is 0 Å². The number of rotatable bonds is 2. The van der Waals surface area contributed by atoms with Crippen molar-refractivity contribution in [2.75, 3.05) is 27.2 Å². The average molecular weight is 274 g/mol. The summed E-state index contributed by atoms with van der Waals surface area (Å²) in [4.78, 5) is 16.7. The lowest BCUT2D eigenvalue weighted by Gasteiger charge is -2.21. The predicted octanol–water partition coefficient (Wildman–Crippen LogP) is 2.76. The summed E-state index contributed by atoms with van der Waals surface area (Å²) in [6, 6.07) is 8.57. The van der Waals surface area contributed by atoms with Crippen LogP contribution in [0.4, 0.5) is 0 Å². The van der Waals surface area contributed by atoms with E-state index in [1.165, 1.54) is 5.56 Å². The summed E-state index contributed by atoms with van der Waals surface area (Å²) in [6.45, 7) is 8.26. The summed E-state index contributed by atoms with van der Waals surface area (Å²) >= 11 is 0. The molecule has 1 aliphatic rings. The van der Waals surface area contributed by atoms with E-state index in [9.17, 15) is 4.79 Å². The largest absolute Gasteiger partial charge is 0.337 e. The Morgan fingerprint density at radius 3 is 2.25 bits per heavy atom. The molecule has 1 aromatic rings. The van der Waals surface area contributed by atoms with Crippen molar-refractivity contribution in [1.82, 2.24) is 9.80 Å². The van der Waals surface area contributed by atoms with E-state index in [2.05, 4.69) is 51.9 Å². The van der Waals surface area contributed by atoms with Crippen molar-refractivity contribution in [2.24, 2.45) is 0 Å². The summed E-state index contributed by atoms with van der Waals surface area (Å²) in [5.41, 5.74) is 2.20. The van der Waals surface area contributed by atoms with Gasteiger partial charge in [0.25, 0.3) is 5.91 Å². The van der Waals surface area contributed by atoms with Crippen molar-refractivity contribution in [2.45, 2.75) is 38.6 Å². The van der Waals surface area contributed by atoms with Crippen molar-refractivity contribution in [3.63, 3.8) is 0 Å². The summed E-state index contributed by atoms with van der Waals surface area (Å²) in [5, 5.41) is 0. The maximum Gasteiger partial charge on any atom is 0.253 e. The van der Waals surface area contributed by atoms with Gasteiger partial charge in [0.05, 0.1) is 0 Å². The van der Waals surface area contributed by atoms with Crippen LogP contribution in [-0.2, 0) is 5.41 Å². The van der Waals surface area contributed by atoms with Gasteiger partial charge in [0.15, 0.2) is 0 Å². The molecule has 0 N–H and O–H groups in total. The Kier molecular flexibility index (Phi) is 4.19. The molecule has 0 aliphatic carbocycles. The monoisotopic (exact) mass is 274 g/mol. The highest BCUT2D eigenvalue weighted by Gasteiger charge is 2.28. The molecular formula is C17H26N2O. The zero-order valence-electron chi connectivity index (χ0n) is 13.3. The fourth-order valence-corrected chi connectivity index (χ4v) is 2.64. The second-order valence-electron chi connectivity index (χ2n) is 6.98. The molecule has 1 saturated heterocycles. The summed E-state index contributed by atoms with van der Waals surface area (Å²) in [6.07, 6.45) is 1.07. The van der Waals surface area contributed by atoms with Gasteiger partial charge in [0, 0.05) is 24.7 Å². The number of likely N-dealkylation sites (N-methyl/N-ethyl adjacent to an activating group) is 1. The summed E-state index contributed by atoms with van der Waals surface area (Å²) in [5.74, 6) is 0.162. The molecule has 1 aliphatic heterocycles. The lowest BCUT2D eigenvalue weighted by atomic mass is 9.86. The van der Waals surface area contributed by atoms with Crippen LogP contribution >= 0.6 is 0 Å². The quantitative estimate of drug-likeness (QED) is 0.828. The first kappa shape index (κ1) is 15.0. The molecule has 0 radical (unpaired) electrons. The van der Waals surface area contributed by atoms with Gasteiger partial charge in [-0.2, -0.15) is 0 Å². The van der Waals surface area contributed by atoms with Gasteiger partial charge in [0.2, 0.25) is 0 Å². The van der Waals surface area contributed by atoms with E-state index in [0.29, 0.717) is 6.04 Å². The third-order valence-electron chi connectivity index (χ3n) is 4.18. The van der Waals surface area contributed by atoms with E-state index in [1.54, 1.807) is 0 Å². The van der Waals surface area contributed by atoms with E-state index in [-0.39, 0.29) is 11.3 Å². The molecule has 1 aromatic carbocycles. The zero-order valence-corrected chi connectivity index (χ0v) is 13.3. The third-order valence-corrected chi connectivity index (χ3v) is 4.18. The molecule has 3 nitrogen and oxygen atoms in total. The smallest absolute Gasteiger partial charge is 0.253 e. The van der Waals surface area contributed by atoms with Gasteiger partial charge in [0.1, 0.15) is 0 Å². The van der Waals surface area contributed by atoms with Crippen LogP contribution in [0.2, 0.25) is 0 Å². The fourth-order valence-electron chi connectivity index (χ4n) is 2.64. The Labute approximate surface area is 122 Å². The number of hydrogen-bond acceptors (Lipinski definition) is 2. The first-order valence-corrected chi connectivity index (χ1v) is 7.35. The lowest BCUT2D eigenvalue weighted by molar-refractivity contribution is 0.0783. The number of carbonyl (C=O) groups is 1.